The molecule has 0 radical (unpaired) electrons. The Morgan fingerprint density at radius 1 is 1.33 bits per heavy atom. The van der Waals surface area contributed by atoms with Crippen molar-refractivity contribution in [3.63, 3.8) is 0 Å². The van der Waals surface area contributed by atoms with Gasteiger partial charge in [-0.15, -0.1) is 0 Å². The number of hydrogen-bond acceptors (Lipinski definition) is 3. The van der Waals surface area contributed by atoms with Crippen molar-refractivity contribution in [3.8, 4) is 0 Å². The Hall–Kier alpha value is -1.40. The van der Waals surface area contributed by atoms with E-state index in [-0.39, 0.29) is 24.3 Å². The Morgan fingerprint density at radius 2 is 1.90 bits per heavy atom. The Morgan fingerprint density at radius 3 is 2.43 bits per heavy atom. The van der Waals surface area contributed by atoms with Crippen LogP contribution in [0.5, 0.6) is 0 Å². The van der Waals surface area contributed by atoms with Gasteiger partial charge in [-0.25, -0.2) is 0 Å². The molecule has 6 heteroatoms. The van der Waals surface area contributed by atoms with Crippen LogP contribution in [0.4, 0.5) is 0 Å². The van der Waals surface area contributed by atoms with Crippen molar-refractivity contribution >= 4 is 27.7 Å². The molecule has 2 N–H and O–H groups in total. The number of nitrogens with zero attached hydrogens (tertiary/aromatic N) is 1. The van der Waals surface area contributed by atoms with Gasteiger partial charge in [0, 0.05) is 10.0 Å². The summed E-state index contributed by atoms with van der Waals surface area (Å²) in [6, 6.07) is 6.92. The number of carbonyl (C=O) groups is 2. The lowest BCUT2D eigenvalue weighted by Crippen LogP contribution is -2.67. The standard InChI is InChI=1S/C15H19BrN2O3/c1-10(2)15(21)8-18(9-15)13(19)7-17-14(20)11-3-5-12(16)6-4-11/h3-6,10,21H,7-9H2,1-2H3,(H,17,20). The summed E-state index contributed by atoms with van der Waals surface area (Å²) >= 11 is 3.30. The van der Waals surface area contributed by atoms with Crippen molar-refractivity contribution in [2.75, 3.05) is 19.6 Å². The molecule has 1 saturated heterocycles. The van der Waals surface area contributed by atoms with Crippen LogP contribution in [0.15, 0.2) is 28.7 Å². The van der Waals surface area contributed by atoms with Gasteiger partial charge in [0.2, 0.25) is 5.91 Å². The van der Waals surface area contributed by atoms with Crippen LogP contribution >= 0.6 is 15.9 Å². The fourth-order valence-corrected chi connectivity index (χ4v) is 2.39. The average Bonchev–Trinajstić information content (AvgIpc) is 2.41. The van der Waals surface area contributed by atoms with E-state index in [1.807, 2.05) is 13.8 Å². The third-order valence-electron chi connectivity index (χ3n) is 3.86. The van der Waals surface area contributed by atoms with E-state index < -0.39 is 5.60 Å². The van der Waals surface area contributed by atoms with Crippen molar-refractivity contribution in [3.05, 3.63) is 34.3 Å². The second-order valence-corrected chi connectivity index (χ2v) is 6.61. The molecule has 0 bridgehead atoms. The van der Waals surface area contributed by atoms with Crippen LogP contribution < -0.4 is 5.32 Å². The summed E-state index contributed by atoms with van der Waals surface area (Å²) < 4.78 is 0.892. The highest BCUT2D eigenvalue weighted by atomic mass is 79.9. The summed E-state index contributed by atoms with van der Waals surface area (Å²) in [5, 5.41) is 12.7. The lowest BCUT2D eigenvalue weighted by atomic mass is 9.83. The molecule has 0 saturated carbocycles. The minimum Gasteiger partial charge on any atom is -0.386 e. The minimum atomic E-state index is -0.786. The number of carbonyl (C=O) groups excluding carboxylic acids is 2. The average molecular weight is 355 g/mol. The van der Waals surface area contributed by atoms with Crippen molar-refractivity contribution < 1.29 is 14.7 Å². The molecule has 0 aliphatic carbocycles. The van der Waals surface area contributed by atoms with Gasteiger partial charge < -0.3 is 15.3 Å². The van der Waals surface area contributed by atoms with Gasteiger partial charge >= 0.3 is 0 Å². The summed E-state index contributed by atoms with van der Waals surface area (Å²) in [5.74, 6) is -0.347. The molecular weight excluding hydrogens is 336 g/mol. The number of aliphatic hydroxyl groups is 1. The van der Waals surface area contributed by atoms with E-state index in [0.29, 0.717) is 18.7 Å². The number of nitrogens with one attached hydrogen (secondary N) is 1. The van der Waals surface area contributed by atoms with Gasteiger partial charge in [-0.2, -0.15) is 0 Å². The van der Waals surface area contributed by atoms with Crippen LogP contribution in [0.3, 0.4) is 0 Å². The van der Waals surface area contributed by atoms with E-state index in [1.165, 1.54) is 0 Å². The van der Waals surface area contributed by atoms with Gasteiger partial charge in [0.15, 0.2) is 0 Å². The van der Waals surface area contributed by atoms with E-state index in [0.717, 1.165) is 4.47 Å². The summed E-state index contributed by atoms with van der Waals surface area (Å²) in [6.45, 7) is 4.46. The van der Waals surface area contributed by atoms with Gasteiger partial charge in [-0.3, -0.25) is 9.59 Å². The largest absolute Gasteiger partial charge is 0.386 e. The lowest BCUT2D eigenvalue weighted by Gasteiger charge is -2.49. The fraction of sp³-hybridized carbons (Fsp3) is 0.467. The van der Waals surface area contributed by atoms with Crippen LogP contribution in [-0.2, 0) is 4.79 Å². The third kappa shape index (κ3) is 3.63. The van der Waals surface area contributed by atoms with Crippen molar-refractivity contribution in [1.82, 2.24) is 10.2 Å². The molecule has 0 spiro atoms. The van der Waals surface area contributed by atoms with E-state index >= 15 is 0 Å². The first-order chi connectivity index (χ1) is 9.82. The van der Waals surface area contributed by atoms with Gasteiger partial charge in [-0.1, -0.05) is 29.8 Å². The van der Waals surface area contributed by atoms with Gasteiger partial charge in [0.25, 0.3) is 5.91 Å². The van der Waals surface area contributed by atoms with E-state index in [2.05, 4.69) is 21.2 Å². The van der Waals surface area contributed by atoms with Crippen LogP contribution in [0.2, 0.25) is 0 Å². The topological polar surface area (TPSA) is 69.6 Å². The van der Waals surface area contributed by atoms with Gasteiger partial charge in [0.1, 0.15) is 5.60 Å². The van der Waals surface area contributed by atoms with Gasteiger partial charge in [0.05, 0.1) is 19.6 Å². The molecule has 0 aromatic heterocycles. The maximum Gasteiger partial charge on any atom is 0.251 e. The molecule has 0 atom stereocenters. The van der Waals surface area contributed by atoms with Crippen LogP contribution in [0, 0.1) is 5.92 Å². The van der Waals surface area contributed by atoms with Crippen LogP contribution in [-0.4, -0.2) is 47.1 Å². The monoisotopic (exact) mass is 354 g/mol. The summed E-state index contributed by atoms with van der Waals surface area (Å²) in [5.41, 5.74) is -0.279. The van der Waals surface area contributed by atoms with Crippen molar-refractivity contribution in [2.24, 2.45) is 5.92 Å². The second kappa shape index (κ2) is 6.15. The first-order valence-electron chi connectivity index (χ1n) is 6.86. The number of halogens is 1. The Labute approximate surface area is 132 Å². The zero-order valence-corrected chi connectivity index (χ0v) is 13.7. The van der Waals surface area contributed by atoms with Crippen molar-refractivity contribution in [1.29, 1.82) is 0 Å². The van der Waals surface area contributed by atoms with E-state index in [1.54, 1.807) is 29.2 Å². The third-order valence-corrected chi connectivity index (χ3v) is 4.39. The Kier molecular flexibility index (Phi) is 4.68. The molecule has 1 aromatic rings. The normalized spacial score (nSPS) is 16.5. The van der Waals surface area contributed by atoms with Crippen LogP contribution in [0.25, 0.3) is 0 Å². The first-order valence-corrected chi connectivity index (χ1v) is 7.65. The number of hydrogen-bond donors (Lipinski definition) is 2. The highest BCUT2D eigenvalue weighted by molar-refractivity contribution is 9.10. The molecule has 2 amide bonds. The molecule has 114 valence electrons. The maximum atomic E-state index is 11.9. The summed E-state index contributed by atoms with van der Waals surface area (Å²) in [7, 11) is 0. The highest BCUT2D eigenvalue weighted by Crippen LogP contribution is 2.28. The number of likely N-dealkylation sites (tertiary alicyclic amines) is 1. The van der Waals surface area contributed by atoms with Crippen LogP contribution in [0.1, 0.15) is 24.2 Å². The molecular formula is C15H19BrN2O3. The quantitative estimate of drug-likeness (QED) is 0.858. The maximum absolute atomic E-state index is 11.9. The minimum absolute atomic E-state index is 0.0525. The molecule has 21 heavy (non-hydrogen) atoms. The summed E-state index contributed by atoms with van der Waals surface area (Å²) in [6.07, 6.45) is 0. The number of β-amino-alcohol motifs (C(OH)–C–C–N with tert-alkyl or cyclic N) is 1. The molecule has 0 unspecified atom stereocenters. The molecule has 1 fully saturated rings. The zero-order valence-electron chi connectivity index (χ0n) is 12.1. The van der Waals surface area contributed by atoms with Crippen molar-refractivity contribution in [2.45, 2.75) is 19.4 Å². The molecule has 5 nitrogen and oxygen atoms in total. The first kappa shape index (κ1) is 16.0. The Bertz CT molecular complexity index is 536. The molecule has 1 aliphatic heterocycles. The molecule has 1 heterocycles. The highest BCUT2D eigenvalue weighted by Gasteiger charge is 2.45. The summed E-state index contributed by atoms with van der Waals surface area (Å²) in [4.78, 5) is 25.4. The predicted molar refractivity (Wildman–Crippen MR) is 82.8 cm³/mol. The molecule has 1 aromatic carbocycles. The number of benzene rings is 1. The molecule has 1 aliphatic rings. The SMILES string of the molecule is CC(C)C1(O)CN(C(=O)CNC(=O)c2ccc(Br)cc2)C1. The number of amides is 2. The zero-order chi connectivity index (χ0) is 15.6. The second-order valence-electron chi connectivity index (χ2n) is 5.70. The van der Waals surface area contributed by atoms with Gasteiger partial charge in [-0.05, 0) is 30.2 Å². The van der Waals surface area contributed by atoms with E-state index in [9.17, 15) is 14.7 Å². The predicted octanol–water partition coefficient (Wildman–Crippen LogP) is 1.41. The number of rotatable bonds is 4. The fourth-order valence-electron chi connectivity index (χ4n) is 2.13. The Balaban J connectivity index is 1.80. The smallest absolute Gasteiger partial charge is 0.251 e. The lowest BCUT2D eigenvalue weighted by molar-refractivity contribution is -0.162. The molecule has 2 rings (SSSR count). The van der Waals surface area contributed by atoms with E-state index in [4.69, 9.17) is 0 Å².